The summed E-state index contributed by atoms with van der Waals surface area (Å²) in [5.74, 6) is -0.300. The van der Waals surface area contributed by atoms with Crippen molar-refractivity contribution in [2.75, 3.05) is 7.11 Å². The maximum absolute atomic E-state index is 13.1. The van der Waals surface area contributed by atoms with Gasteiger partial charge in [-0.05, 0) is 48.6 Å². The predicted octanol–water partition coefficient (Wildman–Crippen LogP) is 4.39. The minimum atomic E-state index is -4.26. The number of sulfonamides is 1. The molecule has 0 heterocycles. The molecule has 154 valence electrons. The number of thiocarbonyl (C=S) groups is 1. The summed E-state index contributed by atoms with van der Waals surface area (Å²) in [5, 5.41) is 0. The van der Waals surface area contributed by atoms with E-state index in [1.807, 2.05) is 6.07 Å². The van der Waals surface area contributed by atoms with E-state index in [4.69, 9.17) is 21.7 Å². The van der Waals surface area contributed by atoms with E-state index in [0.717, 1.165) is 0 Å². The van der Waals surface area contributed by atoms with Gasteiger partial charge in [-0.2, -0.15) is 8.42 Å². The van der Waals surface area contributed by atoms with Crippen molar-refractivity contribution in [2.24, 2.45) is 3.77 Å². The van der Waals surface area contributed by atoms with E-state index in [0.29, 0.717) is 10.6 Å². The lowest BCUT2D eigenvalue weighted by molar-refractivity contribution is 0.0596. The van der Waals surface area contributed by atoms with Crippen LogP contribution in [0.3, 0.4) is 0 Å². The number of para-hydroxylation sites is 1. The quantitative estimate of drug-likeness (QED) is 0.416. The summed E-state index contributed by atoms with van der Waals surface area (Å²) < 4.78 is 40.7. The molecule has 1 atom stereocenters. The van der Waals surface area contributed by atoms with Crippen molar-refractivity contribution in [1.82, 2.24) is 0 Å². The molecule has 0 amide bonds. The third kappa shape index (κ3) is 5.18. The molecule has 0 aromatic heterocycles. The Labute approximate surface area is 182 Å². The number of methoxy groups -OCH3 is 1. The minimum Gasteiger partial charge on any atom is -0.465 e. The maximum Gasteiger partial charge on any atom is 0.339 e. The van der Waals surface area contributed by atoms with Gasteiger partial charge >= 0.3 is 5.97 Å². The van der Waals surface area contributed by atoms with Gasteiger partial charge in [0, 0.05) is 15.6 Å². The summed E-state index contributed by atoms with van der Waals surface area (Å²) in [6, 6.07) is 23.3. The second-order valence-electron chi connectivity index (χ2n) is 5.80. The molecule has 3 aromatic carbocycles. The molecule has 0 spiro atoms. The summed E-state index contributed by atoms with van der Waals surface area (Å²) in [5.41, 5.74) is -0.102. The van der Waals surface area contributed by atoms with Crippen molar-refractivity contribution in [1.29, 1.82) is 0 Å². The first-order valence-electron chi connectivity index (χ1n) is 8.64. The molecule has 0 bridgehead atoms. The monoisotopic (exact) mass is 459 g/mol. The lowest BCUT2D eigenvalue weighted by atomic mass is 10.2. The van der Waals surface area contributed by atoms with Crippen LogP contribution >= 0.6 is 12.2 Å². The lowest BCUT2D eigenvalue weighted by Crippen LogP contribution is -2.16. The lowest BCUT2D eigenvalue weighted by Gasteiger charge is -2.12. The van der Waals surface area contributed by atoms with E-state index in [2.05, 4.69) is 3.77 Å². The van der Waals surface area contributed by atoms with E-state index in [1.165, 1.54) is 25.3 Å². The number of rotatable bonds is 5. The molecule has 30 heavy (non-hydrogen) atoms. The Bertz CT molecular complexity index is 1190. The van der Waals surface area contributed by atoms with Crippen LogP contribution in [-0.2, 0) is 25.5 Å². The van der Waals surface area contributed by atoms with Crippen LogP contribution in [0.1, 0.15) is 10.4 Å². The van der Waals surface area contributed by atoms with E-state index in [1.54, 1.807) is 60.7 Å². The van der Waals surface area contributed by atoms with Crippen LogP contribution in [0.15, 0.2) is 98.5 Å². The molecule has 1 unspecified atom stereocenters. The normalized spacial score (nSPS) is 12.2. The maximum atomic E-state index is 13.1. The third-order valence-corrected chi connectivity index (χ3v) is 7.78. The summed E-state index contributed by atoms with van der Waals surface area (Å²) in [7, 11) is -4.51. The van der Waals surface area contributed by atoms with Crippen LogP contribution in [0.5, 0.6) is 5.75 Å². The highest BCUT2D eigenvalue weighted by atomic mass is 32.3. The smallest absolute Gasteiger partial charge is 0.339 e. The van der Waals surface area contributed by atoms with Crippen LogP contribution in [0.4, 0.5) is 0 Å². The van der Waals surface area contributed by atoms with Gasteiger partial charge in [-0.1, -0.05) is 48.5 Å². The Morgan fingerprint density at radius 1 is 0.900 bits per heavy atom. The summed E-state index contributed by atoms with van der Waals surface area (Å²) in [4.78, 5) is 12.3. The average Bonchev–Trinajstić information content (AvgIpc) is 2.78. The van der Waals surface area contributed by atoms with E-state index < -0.39 is 26.7 Å². The summed E-state index contributed by atoms with van der Waals surface area (Å²) in [6.07, 6.45) is 0. The first kappa shape index (κ1) is 21.8. The Morgan fingerprint density at radius 2 is 1.47 bits per heavy atom. The molecule has 0 saturated carbocycles. The molecule has 9 heteroatoms. The molecule has 0 aliphatic carbocycles. The van der Waals surface area contributed by atoms with Crippen molar-refractivity contribution < 1.29 is 22.7 Å². The van der Waals surface area contributed by atoms with E-state index >= 15 is 0 Å². The Kier molecular flexibility index (Phi) is 7.09. The second kappa shape index (κ2) is 9.75. The van der Waals surface area contributed by atoms with Crippen LogP contribution < -0.4 is 4.74 Å². The number of carbonyl (C=O) groups excluding carboxylic acids is 1. The molecule has 0 aliphatic heterocycles. The van der Waals surface area contributed by atoms with Crippen LogP contribution in [0, 0.1) is 0 Å². The fourth-order valence-electron chi connectivity index (χ4n) is 2.45. The zero-order chi connectivity index (χ0) is 21.6. The molecular weight excluding hydrogens is 442 g/mol. The van der Waals surface area contributed by atoms with Crippen molar-refractivity contribution in [3.05, 3.63) is 90.5 Å². The highest BCUT2D eigenvalue weighted by Gasteiger charge is 2.24. The highest BCUT2D eigenvalue weighted by Crippen LogP contribution is 2.23. The van der Waals surface area contributed by atoms with Crippen LogP contribution in [0.2, 0.25) is 0 Å². The van der Waals surface area contributed by atoms with Gasteiger partial charge in [0.1, 0.15) is 10.6 Å². The average molecular weight is 460 g/mol. The second-order valence-corrected chi connectivity index (χ2v) is 9.83. The molecular formula is C21H17NO5S3. The zero-order valence-corrected chi connectivity index (χ0v) is 18.2. The van der Waals surface area contributed by atoms with Gasteiger partial charge in [-0.25, -0.2) is 4.79 Å². The summed E-state index contributed by atoms with van der Waals surface area (Å²) in [6.45, 7) is 0. The largest absolute Gasteiger partial charge is 0.465 e. The van der Waals surface area contributed by atoms with Gasteiger partial charge in [-0.3, -0.25) is 0 Å². The number of hydrogen-bond acceptors (Lipinski definition) is 6. The van der Waals surface area contributed by atoms with E-state index in [9.17, 15) is 13.2 Å². The first-order valence-corrected chi connectivity index (χ1v) is 11.7. The van der Waals surface area contributed by atoms with Gasteiger partial charge in [0.05, 0.1) is 12.7 Å². The fraction of sp³-hybridized carbons (Fsp3) is 0.0476. The minimum absolute atomic E-state index is 0.00785. The van der Waals surface area contributed by atoms with Crippen molar-refractivity contribution in [3.8, 4) is 5.75 Å². The molecule has 0 fully saturated rings. The number of esters is 1. The molecule has 0 N–H and O–H groups in total. The van der Waals surface area contributed by atoms with Crippen molar-refractivity contribution in [3.63, 3.8) is 0 Å². The SMILES string of the molecule is COC(=O)c1ccccc1S(=O)(=O)N=S(C(=S)Oc1ccccc1)c1ccccc1. The van der Waals surface area contributed by atoms with Crippen LogP contribution in [-0.4, -0.2) is 25.9 Å². The van der Waals surface area contributed by atoms with Gasteiger partial charge in [0.2, 0.25) is 4.38 Å². The van der Waals surface area contributed by atoms with Crippen molar-refractivity contribution >= 4 is 43.3 Å². The Balaban J connectivity index is 2.10. The van der Waals surface area contributed by atoms with Gasteiger partial charge < -0.3 is 9.47 Å². The van der Waals surface area contributed by atoms with E-state index in [-0.39, 0.29) is 14.8 Å². The number of benzene rings is 3. The number of nitrogens with zero attached hydrogens (tertiary/aromatic N) is 1. The highest BCUT2D eigenvalue weighted by molar-refractivity contribution is 8.17. The van der Waals surface area contributed by atoms with Crippen LogP contribution in [0.25, 0.3) is 0 Å². The van der Waals surface area contributed by atoms with Gasteiger partial charge in [0.15, 0.2) is 0 Å². The molecule has 6 nitrogen and oxygen atoms in total. The van der Waals surface area contributed by atoms with Gasteiger partial charge in [-0.15, -0.1) is 3.77 Å². The van der Waals surface area contributed by atoms with Gasteiger partial charge in [0.25, 0.3) is 10.0 Å². The summed E-state index contributed by atoms with van der Waals surface area (Å²) >= 11 is 5.41. The number of hydrogen-bond donors (Lipinski definition) is 0. The first-order chi connectivity index (χ1) is 14.4. The molecule has 0 radical (unpaired) electrons. The molecule has 0 aliphatic rings. The molecule has 3 rings (SSSR count). The molecule has 0 saturated heterocycles. The topological polar surface area (TPSA) is 82.0 Å². The zero-order valence-electron chi connectivity index (χ0n) is 15.8. The number of carbonyl (C=O) groups is 1. The Hall–Kier alpha value is -2.88. The molecule has 3 aromatic rings. The number of ether oxygens (including phenoxy) is 2. The predicted molar refractivity (Wildman–Crippen MR) is 119 cm³/mol. The third-order valence-electron chi connectivity index (χ3n) is 3.81. The Morgan fingerprint density at radius 3 is 2.10 bits per heavy atom. The fourth-order valence-corrected chi connectivity index (χ4v) is 6.27. The standard InChI is InChI=1S/C21H17NO5S3/c1-26-20(23)18-14-8-9-15-19(18)30(24,25)22-29(17-12-6-3-7-13-17)21(28)27-16-10-4-2-5-11-16/h2-15H,1H3. The van der Waals surface area contributed by atoms with Crippen molar-refractivity contribution in [2.45, 2.75) is 9.79 Å².